The zero-order valence-electron chi connectivity index (χ0n) is 21.8. The molecule has 3 aromatic carbocycles. The normalized spacial score (nSPS) is 13.9. The molecule has 0 saturated carbocycles. The van der Waals surface area contributed by atoms with Gasteiger partial charge in [0.25, 0.3) is 10.0 Å². The molecule has 10 heteroatoms. The fourth-order valence-electron chi connectivity index (χ4n) is 4.72. The number of sulfonamides is 1. The first kappa shape index (κ1) is 26.3. The molecule has 0 radical (unpaired) electrons. The Morgan fingerprint density at radius 3 is 2.23 bits per heavy atom. The second kappa shape index (κ2) is 10.8. The monoisotopic (exact) mass is 546 g/mol. The number of carbonyl (C=O) groups is 1. The number of rotatable bonds is 8. The molecule has 1 aromatic heterocycles. The average Bonchev–Trinajstić information content (AvgIpc) is 2.96. The maximum atomic E-state index is 12.9. The van der Waals surface area contributed by atoms with Gasteiger partial charge in [-0.25, -0.2) is 18.2 Å². The lowest BCUT2D eigenvalue weighted by atomic mass is 10.1. The number of hydrogen-bond donors (Lipinski definition) is 2. The highest BCUT2D eigenvalue weighted by Gasteiger charge is 2.22. The summed E-state index contributed by atoms with van der Waals surface area (Å²) >= 11 is 0. The maximum Gasteiger partial charge on any atom is 0.336 e. The molecule has 1 fully saturated rings. The molecule has 1 aliphatic rings. The van der Waals surface area contributed by atoms with Crippen molar-refractivity contribution < 1.29 is 23.1 Å². The highest BCUT2D eigenvalue weighted by molar-refractivity contribution is 7.92. The third-order valence-electron chi connectivity index (χ3n) is 6.96. The number of carboxylic acids is 1. The molecule has 1 aliphatic heterocycles. The molecule has 9 nitrogen and oxygen atoms in total. The van der Waals surface area contributed by atoms with E-state index in [1.165, 1.54) is 6.07 Å². The van der Waals surface area contributed by atoms with Gasteiger partial charge in [-0.1, -0.05) is 19.1 Å². The molecule has 1 saturated heterocycles. The van der Waals surface area contributed by atoms with Crippen LogP contribution in [0.3, 0.4) is 0 Å². The van der Waals surface area contributed by atoms with Crippen LogP contribution in [0.25, 0.3) is 10.9 Å². The van der Waals surface area contributed by atoms with Crippen LogP contribution in [0.5, 0.6) is 5.75 Å². The number of methoxy groups -OCH3 is 1. The van der Waals surface area contributed by atoms with E-state index in [4.69, 9.17) is 9.72 Å². The van der Waals surface area contributed by atoms with Crippen LogP contribution in [0.15, 0.2) is 77.7 Å². The lowest BCUT2D eigenvalue weighted by Gasteiger charge is -2.37. The van der Waals surface area contributed by atoms with Gasteiger partial charge in [-0.05, 0) is 72.6 Å². The quantitative estimate of drug-likeness (QED) is 0.329. The Labute approximate surface area is 227 Å². The Morgan fingerprint density at radius 2 is 1.62 bits per heavy atom. The topological polar surface area (TPSA) is 112 Å². The number of aromatic carboxylic acids is 1. The standard InChI is InChI=1S/C29H30N4O5S/c1-3-20-4-11-24(12-5-20)39(36,37)31-21-6-13-27-25(18-21)26(29(34)35)19-28(30-27)33-16-14-32(15-17-33)22-7-9-23(38-2)10-8-22/h4-13,18-19,31H,3,14-17H2,1-2H3,(H,34,35). The highest BCUT2D eigenvalue weighted by Crippen LogP contribution is 2.29. The van der Waals surface area contributed by atoms with Crippen molar-refractivity contribution >= 4 is 44.1 Å². The number of pyridine rings is 1. The molecule has 5 rings (SSSR count). The van der Waals surface area contributed by atoms with Gasteiger partial charge in [0.05, 0.1) is 23.1 Å². The van der Waals surface area contributed by atoms with Crippen LogP contribution >= 0.6 is 0 Å². The summed E-state index contributed by atoms with van der Waals surface area (Å²) in [4.78, 5) is 21.4. The fraction of sp³-hybridized carbons (Fsp3) is 0.241. The van der Waals surface area contributed by atoms with Crippen LogP contribution in [-0.4, -0.2) is 57.8 Å². The summed E-state index contributed by atoms with van der Waals surface area (Å²) in [5.41, 5.74) is 2.96. The number of fused-ring (bicyclic) bond motifs is 1. The van der Waals surface area contributed by atoms with Gasteiger partial charge in [0.2, 0.25) is 0 Å². The van der Waals surface area contributed by atoms with Gasteiger partial charge in [0.1, 0.15) is 11.6 Å². The van der Waals surface area contributed by atoms with Crippen LogP contribution in [0, 0.1) is 0 Å². The third-order valence-corrected chi connectivity index (χ3v) is 8.36. The number of aryl methyl sites for hydroxylation is 1. The first-order valence-corrected chi connectivity index (χ1v) is 14.2. The molecule has 0 aliphatic carbocycles. The Balaban J connectivity index is 1.37. The van der Waals surface area contributed by atoms with Crippen molar-refractivity contribution in [1.29, 1.82) is 0 Å². The summed E-state index contributed by atoms with van der Waals surface area (Å²) in [7, 11) is -2.20. The van der Waals surface area contributed by atoms with Crippen molar-refractivity contribution in [2.75, 3.05) is 47.8 Å². The fourth-order valence-corrected chi connectivity index (χ4v) is 5.77. The number of ether oxygens (including phenoxy) is 1. The summed E-state index contributed by atoms with van der Waals surface area (Å²) in [6, 6.07) is 20.9. The molecule has 0 unspecified atom stereocenters. The first-order chi connectivity index (χ1) is 18.8. The predicted molar refractivity (Wildman–Crippen MR) is 153 cm³/mol. The second-order valence-corrected chi connectivity index (χ2v) is 11.0. The smallest absolute Gasteiger partial charge is 0.336 e. The van der Waals surface area contributed by atoms with E-state index in [2.05, 4.69) is 14.5 Å². The van der Waals surface area contributed by atoms with Gasteiger partial charge in [0, 0.05) is 42.9 Å². The molecule has 202 valence electrons. The van der Waals surface area contributed by atoms with Crippen LogP contribution in [0.4, 0.5) is 17.2 Å². The van der Waals surface area contributed by atoms with E-state index in [-0.39, 0.29) is 16.1 Å². The van der Waals surface area contributed by atoms with E-state index in [1.54, 1.807) is 49.6 Å². The summed E-state index contributed by atoms with van der Waals surface area (Å²) < 4.78 is 33.6. The average molecular weight is 547 g/mol. The minimum atomic E-state index is -3.84. The molecule has 0 amide bonds. The first-order valence-electron chi connectivity index (χ1n) is 12.7. The van der Waals surface area contributed by atoms with Crippen molar-refractivity contribution in [2.24, 2.45) is 0 Å². The summed E-state index contributed by atoms with van der Waals surface area (Å²) in [5, 5.41) is 10.4. The molecule has 2 heterocycles. The molecule has 39 heavy (non-hydrogen) atoms. The number of aromatic nitrogens is 1. The van der Waals surface area contributed by atoms with Crippen LogP contribution in [0.1, 0.15) is 22.8 Å². The number of benzene rings is 3. The van der Waals surface area contributed by atoms with Gasteiger partial charge >= 0.3 is 5.97 Å². The molecular weight excluding hydrogens is 516 g/mol. The van der Waals surface area contributed by atoms with Crippen molar-refractivity contribution in [3.05, 3.63) is 83.9 Å². The molecule has 0 spiro atoms. The van der Waals surface area contributed by atoms with Crippen molar-refractivity contribution in [1.82, 2.24) is 4.98 Å². The molecule has 4 aromatic rings. The summed E-state index contributed by atoms with van der Waals surface area (Å²) in [5.74, 6) is 0.287. The number of hydrogen-bond acceptors (Lipinski definition) is 7. The van der Waals surface area contributed by atoms with E-state index in [9.17, 15) is 18.3 Å². The van der Waals surface area contributed by atoms with Crippen molar-refractivity contribution in [3.63, 3.8) is 0 Å². The molecule has 0 atom stereocenters. The van der Waals surface area contributed by atoms with E-state index < -0.39 is 16.0 Å². The second-order valence-electron chi connectivity index (χ2n) is 9.34. The van der Waals surface area contributed by atoms with E-state index in [0.717, 1.165) is 36.5 Å². The minimum absolute atomic E-state index is 0.0703. The number of nitrogens with one attached hydrogen (secondary N) is 1. The van der Waals surface area contributed by atoms with Gasteiger partial charge in [0.15, 0.2) is 0 Å². The van der Waals surface area contributed by atoms with Crippen molar-refractivity contribution in [3.8, 4) is 5.75 Å². The minimum Gasteiger partial charge on any atom is -0.497 e. The lowest BCUT2D eigenvalue weighted by molar-refractivity contribution is 0.0699. The zero-order chi connectivity index (χ0) is 27.6. The highest BCUT2D eigenvalue weighted by atomic mass is 32.2. The van der Waals surface area contributed by atoms with Crippen LogP contribution in [0.2, 0.25) is 0 Å². The van der Waals surface area contributed by atoms with Gasteiger partial charge in [-0.2, -0.15) is 0 Å². The maximum absolute atomic E-state index is 12.9. The zero-order valence-corrected chi connectivity index (χ0v) is 22.6. The number of piperazine rings is 1. The van der Waals surface area contributed by atoms with Gasteiger partial charge < -0.3 is 19.6 Å². The van der Waals surface area contributed by atoms with Gasteiger partial charge in [-0.3, -0.25) is 4.72 Å². The van der Waals surface area contributed by atoms with Crippen molar-refractivity contribution in [2.45, 2.75) is 18.2 Å². The molecule has 2 N–H and O–H groups in total. The largest absolute Gasteiger partial charge is 0.497 e. The SMILES string of the molecule is CCc1ccc(S(=O)(=O)Nc2ccc3nc(N4CCN(c5ccc(OC)cc5)CC4)cc(C(=O)O)c3c2)cc1. The number of nitrogens with zero attached hydrogens (tertiary/aromatic N) is 3. The number of anilines is 3. The Bertz CT molecular complexity index is 1600. The predicted octanol–water partition coefficient (Wildman–Crippen LogP) is 4.63. The van der Waals surface area contributed by atoms with E-state index in [1.807, 2.05) is 31.2 Å². The number of carboxylic acid groups (broad SMARTS) is 1. The Morgan fingerprint density at radius 1 is 0.949 bits per heavy atom. The summed E-state index contributed by atoms with van der Waals surface area (Å²) in [6.07, 6.45) is 0.809. The molecular formula is C29H30N4O5S. The lowest BCUT2D eigenvalue weighted by Crippen LogP contribution is -2.46. The van der Waals surface area contributed by atoms with Crippen LogP contribution in [-0.2, 0) is 16.4 Å². The van der Waals surface area contributed by atoms with Gasteiger partial charge in [-0.15, -0.1) is 0 Å². The van der Waals surface area contributed by atoms with Crippen LogP contribution < -0.4 is 19.3 Å². The van der Waals surface area contributed by atoms with E-state index in [0.29, 0.717) is 29.8 Å². The van der Waals surface area contributed by atoms with E-state index >= 15 is 0 Å². The Hall–Kier alpha value is -4.31. The third kappa shape index (κ3) is 5.61. The summed E-state index contributed by atoms with van der Waals surface area (Å²) in [6.45, 7) is 4.87. The Kier molecular flexibility index (Phi) is 7.30. The molecule has 0 bridgehead atoms.